The van der Waals surface area contributed by atoms with E-state index in [-0.39, 0.29) is 24.7 Å². The number of ether oxygens (including phenoxy) is 1. The number of nitrogens with zero attached hydrogens (tertiary/aromatic N) is 3. The minimum atomic E-state index is -1.09. The molecule has 0 aliphatic carbocycles. The van der Waals surface area contributed by atoms with Gasteiger partial charge in [-0.05, 0) is 28.8 Å². The molecule has 0 spiro atoms. The molecular weight excluding hydrogens is 455 g/mol. The average Bonchev–Trinajstić information content (AvgIpc) is 3.46. The Hall–Kier alpha value is -4.73. The number of aromatic amines is 1. The van der Waals surface area contributed by atoms with E-state index in [1.54, 1.807) is 16.7 Å². The summed E-state index contributed by atoms with van der Waals surface area (Å²) in [5, 5.41) is 13.5. The van der Waals surface area contributed by atoms with Gasteiger partial charge in [0.25, 0.3) is 6.01 Å². The zero-order valence-corrected chi connectivity index (χ0v) is 18.3. The number of H-pyrrole nitrogens is 1. The molecule has 0 unspecified atom stereocenters. The summed E-state index contributed by atoms with van der Waals surface area (Å²) >= 11 is 0. The largest absolute Gasteiger partial charge is 0.478 e. The third-order valence-corrected chi connectivity index (χ3v) is 5.50. The first-order valence-electron chi connectivity index (χ1n) is 10.7. The maximum atomic E-state index is 12.8. The third-order valence-electron chi connectivity index (χ3n) is 5.50. The lowest BCUT2D eigenvalue weighted by atomic mass is 9.98. The number of halogens is 1. The van der Waals surface area contributed by atoms with Crippen LogP contribution in [0.4, 0.5) is 4.39 Å². The van der Waals surface area contributed by atoms with Gasteiger partial charge in [-0.3, -0.25) is 14.1 Å². The second-order valence-corrected chi connectivity index (χ2v) is 7.68. The van der Waals surface area contributed by atoms with E-state index in [2.05, 4.69) is 19.6 Å². The molecule has 5 rings (SSSR count). The lowest BCUT2D eigenvalue weighted by Gasteiger charge is -2.12. The molecule has 0 saturated carbocycles. The first-order valence-corrected chi connectivity index (χ1v) is 10.7. The predicted octanol–water partition coefficient (Wildman–Crippen LogP) is 4.14. The van der Waals surface area contributed by atoms with Gasteiger partial charge >= 0.3 is 11.7 Å². The Morgan fingerprint density at radius 3 is 2.51 bits per heavy atom. The molecule has 0 bridgehead atoms. The molecule has 10 heteroatoms. The topological polar surface area (TPSA) is 123 Å². The Morgan fingerprint density at radius 2 is 1.83 bits per heavy atom. The summed E-state index contributed by atoms with van der Waals surface area (Å²) < 4.78 is 24.5. The lowest BCUT2D eigenvalue weighted by molar-refractivity contribution is 0.0698. The second-order valence-electron chi connectivity index (χ2n) is 7.68. The smallest absolute Gasteiger partial charge is 0.439 e. The van der Waals surface area contributed by atoms with Gasteiger partial charge in [-0.2, -0.15) is 4.98 Å². The minimum Gasteiger partial charge on any atom is -0.478 e. The lowest BCUT2D eigenvalue weighted by Crippen LogP contribution is -2.09. The van der Waals surface area contributed by atoms with E-state index < -0.39 is 18.4 Å². The van der Waals surface area contributed by atoms with E-state index in [0.717, 1.165) is 16.7 Å². The summed E-state index contributed by atoms with van der Waals surface area (Å²) in [5.41, 5.74) is 4.22. The molecule has 0 amide bonds. The number of carboxylic acids is 1. The van der Waals surface area contributed by atoms with E-state index in [1.165, 1.54) is 6.07 Å². The number of nitrogens with one attached hydrogen (secondary N) is 1. The first-order chi connectivity index (χ1) is 17.0. The molecule has 2 heterocycles. The Bertz CT molecular complexity index is 1570. The van der Waals surface area contributed by atoms with Crippen molar-refractivity contribution in [3.05, 3.63) is 88.4 Å². The van der Waals surface area contributed by atoms with Gasteiger partial charge in [0.1, 0.15) is 13.3 Å². The van der Waals surface area contributed by atoms with E-state index in [1.807, 2.05) is 48.5 Å². The number of aromatic nitrogens is 4. The van der Waals surface area contributed by atoms with Crippen LogP contribution in [0.3, 0.4) is 0 Å². The normalized spacial score (nSPS) is 11.1. The number of alkyl halides is 1. The molecule has 9 nitrogen and oxygen atoms in total. The number of para-hydroxylation sites is 1. The van der Waals surface area contributed by atoms with Crippen LogP contribution in [0, 0.1) is 0 Å². The Kier molecular flexibility index (Phi) is 5.84. The van der Waals surface area contributed by atoms with E-state index in [9.17, 15) is 19.1 Å². The molecule has 176 valence electrons. The molecule has 0 saturated heterocycles. The molecule has 2 aromatic heterocycles. The van der Waals surface area contributed by atoms with Crippen LogP contribution in [0.25, 0.3) is 33.5 Å². The number of carbonyl (C=O) groups is 1. The van der Waals surface area contributed by atoms with Crippen LogP contribution in [0.15, 0.2) is 76.0 Å². The number of fused-ring (bicyclic) bond motifs is 1. The van der Waals surface area contributed by atoms with Gasteiger partial charge in [0.15, 0.2) is 5.82 Å². The van der Waals surface area contributed by atoms with Crippen molar-refractivity contribution in [3.63, 3.8) is 0 Å². The number of rotatable bonds is 8. The van der Waals surface area contributed by atoms with Crippen LogP contribution in [0.5, 0.6) is 6.01 Å². The van der Waals surface area contributed by atoms with Crippen molar-refractivity contribution >= 4 is 17.0 Å². The van der Waals surface area contributed by atoms with E-state index in [0.29, 0.717) is 22.4 Å². The number of aromatic carboxylic acids is 1. The molecule has 35 heavy (non-hydrogen) atoms. The summed E-state index contributed by atoms with van der Waals surface area (Å²) in [5.74, 6) is -1.40. The maximum Gasteiger partial charge on any atom is 0.439 e. The monoisotopic (exact) mass is 474 g/mol. The number of hydrogen-bond donors (Lipinski definition) is 2. The summed E-state index contributed by atoms with van der Waals surface area (Å²) in [6.45, 7) is -0.619. The minimum absolute atomic E-state index is 0.0808. The molecule has 0 aliphatic rings. The van der Waals surface area contributed by atoms with Crippen LogP contribution in [0.2, 0.25) is 0 Å². The molecule has 0 radical (unpaired) electrons. The van der Waals surface area contributed by atoms with Gasteiger partial charge in [0.2, 0.25) is 0 Å². The zero-order chi connectivity index (χ0) is 24.4. The Balaban J connectivity index is 1.52. The molecular formula is C25H19FN4O5. The zero-order valence-electron chi connectivity index (χ0n) is 18.3. The van der Waals surface area contributed by atoms with E-state index in [4.69, 9.17) is 4.74 Å². The highest BCUT2D eigenvalue weighted by Crippen LogP contribution is 2.31. The van der Waals surface area contributed by atoms with Gasteiger partial charge in [-0.15, -0.1) is 0 Å². The Labute approximate surface area is 197 Å². The fourth-order valence-corrected chi connectivity index (χ4v) is 3.98. The van der Waals surface area contributed by atoms with Crippen LogP contribution in [-0.2, 0) is 6.54 Å². The second kappa shape index (κ2) is 9.26. The molecule has 2 N–H and O–H groups in total. The number of hydrogen-bond acceptors (Lipinski definition) is 6. The third kappa shape index (κ3) is 4.29. The first kappa shape index (κ1) is 22.1. The van der Waals surface area contributed by atoms with Crippen molar-refractivity contribution in [3.8, 4) is 28.5 Å². The average molecular weight is 474 g/mol. The molecule has 5 aromatic rings. The SMILES string of the molecule is O=C(O)c1cccc2nc(OCCF)n(Cc3ccc(-c4ccccc4-c4noc(=O)[nH]4)cc3)c12. The van der Waals surface area contributed by atoms with Crippen LogP contribution >= 0.6 is 0 Å². The van der Waals surface area contributed by atoms with Gasteiger partial charge in [-0.1, -0.05) is 59.8 Å². The van der Waals surface area contributed by atoms with Gasteiger partial charge in [-0.25, -0.2) is 14.0 Å². The van der Waals surface area contributed by atoms with Gasteiger partial charge < -0.3 is 9.84 Å². The van der Waals surface area contributed by atoms with E-state index >= 15 is 0 Å². The quantitative estimate of drug-likeness (QED) is 0.346. The summed E-state index contributed by atoms with van der Waals surface area (Å²) in [4.78, 5) is 30.2. The number of benzene rings is 3. The molecule has 0 atom stereocenters. The van der Waals surface area contributed by atoms with Crippen LogP contribution < -0.4 is 10.5 Å². The maximum absolute atomic E-state index is 12.8. The van der Waals surface area contributed by atoms with Crippen molar-refractivity contribution in [2.24, 2.45) is 0 Å². The van der Waals surface area contributed by atoms with Crippen LogP contribution in [0.1, 0.15) is 15.9 Å². The highest BCUT2D eigenvalue weighted by molar-refractivity contribution is 6.01. The number of carboxylic acid groups (broad SMARTS) is 1. The number of imidazole rings is 1. The van der Waals surface area contributed by atoms with Crippen molar-refractivity contribution in [1.29, 1.82) is 0 Å². The molecule has 0 aliphatic heterocycles. The molecule has 3 aromatic carbocycles. The Morgan fingerprint density at radius 1 is 1.06 bits per heavy atom. The van der Waals surface area contributed by atoms with Crippen molar-refractivity contribution in [2.45, 2.75) is 6.54 Å². The van der Waals surface area contributed by atoms with Crippen molar-refractivity contribution in [2.75, 3.05) is 13.3 Å². The summed E-state index contributed by atoms with van der Waals surface area (Å²) in [7, 11) is 0. The van der Waals surface area contributed by atoms with Crippen LogP contribution in [-0.4, -0.2) is 44.0 Å². The standard InChI is InChI=1S/C25H19FN4O5/c26-12-13-34-24-27-20-7-3-6-19(23(31)32)21(20)30(24)14-15-8-10-16(11-9-15)17-4-1-2-5-18(17)22-28-25(33)35-29-22/h1-11H,12-14H2,(H,31,32)(H,28,29,33). The predicted molar refractivity (Wildman–Crippen MR) is 125 cm³/mol. The van der Waals surface area contributed by atoms with Gasteiger partial charge in [0, 0.05) is 5.56 Å². The van der Waals surface area contributed by atoms with Crippen molar-refractivity contribution in [1.82, 2.24) is 19.7 Å². The van der Waals surface area contributed by atoms with Crippen molar-refractivity contribution < 1.29 is 23.6 Å². The summed E-state index contributed by atoms with van der Waals surface area (Å²) in [6.07, 6.45) is 0. The highest BCUT2D eigenvalue weighted by Gasteiger charge is 2.19. The highest BCUT2D eigenvalue weighted by atomic mass is 19.1. The fraction of sp³-hybridized carbons (Fsp3) is 0.120. The fourth-order valence-electron chi connectivity index (χ4n) is 3.98. The summed E-state index contributed by atoms with van der Waals surface area (Å²) in [6, 6.07) is 20.0. The van der Waals surface area contributed by atoms with Gasteiger partial charge in [0.05, 0.1) is 23.1 Å². The molecule has 0 fully saturated rings.